The first-order chi connectivity index (χ1) is 11.5. The Morgan fingerprint density at radius 1 is 1.38 bits per heavy atom. The molecule has 8 nitrogen and oxygen atoms in total. The lowest BCUT2D eigenvalue weighted by atomic mass is 10.3. The molecule has 0 bridgehead atoms. The first-order valence-electron chi connectivity index (χ1n) is 6.93. The zero-order valence-electron chi connectivity index (χ0n) is 12.3. The van der Waals surface area contributed by atoms with Gasteiger partial charge in [0.1, 0.15) is 6.54 Å². The SMILES string of the molecule is O=C(Cn1nncc1CN1C(=O)CSC1=O)Nc1cccc(Br)c1. The molecule has 1 aromatic heterocycles. The molecule has 1 aliphatic rings. The van der Waals surface area contributed by atoms with Gasteiger partial charge in [-0.2, -0.15) is 0 Å². The van der Waals surface area contributed by atoms with E-state index in [1.165, 1.54) is 10.9 Å². The Morgan fingerprint density at radius 2 is 2.21 bits per heavy atom. The van der Waals surface area contributed by atoms with Crippen LogP contribution >= 0.6 is 27.7 Å². The van der Waals surface area contributed by atoms with Crippen LogP contribution in [0.5, 0.6) is 0 Å². The van der Waals surface area contributed by atoms with E-state index < -0.39 is 0 Å². The van der Waals surface area contributed by atoms with Crippen molar-refractivity contribution in [1.29, 1.82) is 0 Å². The van der Waals surface area contributed by atoms with Gasteiger partial charge in [0.25, 0.3) is 5.24 Å². The Kier molecular flexibility index (Phi) is 4.95. The largest absolute Gasteiger partial charge is 0.324 e. The molecular formula is C14H12BrN5O3S. The van der Waals surface area contributed by atoms with E-state index in [0.717, 1.165) is 21.1 Å². The number of nitrogens with zero attached hydrogens (tertiary/aromatic N) is 4. The van der Waals surface area contributed by atoms with Crippen LogP contribution in [0.3, 0.4) is 0 Å². The van der Waals surface area contributed by atoms with Crippen molar-refractivity contribution in [3.8, 4) is 0 Å². The summed E-state index contributed by atoms with van der Waals surface area (Å²) < 4.78 is 2.22. The van der Waals surface area contributed by atoms with Gasteiger partial charge in [0, 0.05) is 10.2 Å². The Bertz CT molecular complexity index is 793. The summed E-state index contributed by atoms with van der Waals surface area (Å²) in [7, 11) is 0. The minimum Gasteiger partial charge on any atom is -0.324 e. The number of hydrogen-bond donors (Lipinski definition) is 1. The molecule has 10 heteroatoms. The van der Waals surface area contributed by atoms with E-state index in [-0.39, 0.29) is 35.9 Å². The van der Waals surface area contributed by atoms with Crippen LogP contribution in [0.4, 0.5) is 10.5 Å². The Labute approximate surface area is 149 Å². The number of rotatable bonds is 5. The molecule has 0 saturated carbocycles. The highest BCUT2D eigenvalue weighted by atomic mass is 79.9. The van der Waals surface area contributed by atoms with E-state index in [9.17, 15) is 14.4 Å². The molecule has 2 heterocycles. The minimum absolute atomic E-state index is 0.0574. The Morgan fingerprint density at radius 3 is 2.92 bits per heavy atom. The summed E-state index contributed by atoms with van der Waals surface area (Å²) in [6, 6.07) is 7.21. The molecule has 0 radical (unpaired) electrons. The van der Waals surface area contributed by atoms with Gasteiger partial charge in [0.15, 0.2) is 0 Å². The lowest BCUT2D eigenvalue weighted by molar-refractivity contribution is -0.125. The van der Waals surface area contributed by atoms with Gasteiger partial charge in [0.2, 0.25) is 11.8 Å². The summed E-state index contributed by atoms with van der Waals surface area (Å²) in [5.74, 6) is -0.395. The number of anilines is 1. The maximum Gasteiger partial charge on any atom is 0.289 e. The predicted octanol–water partition coefficient (Wildman–Crippen LogP) is 1.87. The Hall–Kier alpha value is -2.20. The molecule has 0 atom stereocenters. The second kappa shape index (κ2) is 7.14. The average molecular weight is 410 g/mol. The van der Waals surface area contributed by atoms with E-state index in [1.54, 1.807) is 12.1 Å². The molecular weight excluding hydrogens is 398 g/mol. The normalized spacial score (nSPS) is 14.3. The van der Waals surface area contributed by atoms with Gasteiger partial charge in [-0.1, -0.05) is 39.0 Å². The van der Waals surface area contributed by atoms with Gasteiger partial charge in [0.05, 0.1) is 24.2 Å². The van der Waals surface area contributed by atoms with Crippen LogP contribution < -0.4 is 5.32 Å². The molecule has 1 saturated heterocycles. The fourth-order valence-electron chi connectivity index (χ4n) is 2.13. The van der Waals surface area contributed by atoms with Gasteiger partial charge < -0.3 is 5.32 Å². The second-order valence-electron chi connectivity index (χ2n) is 4.98. The molecule has 0 unspecified atom stereocenters. The molecule has 0 spiro atoms. The quantitative estimate of drug-likeness (QED) is 0.809. The third-order valence-corrected chi connectivity index (χ3v) is 4.61. The van der Waals surface area contributed by atoms with E-state index in [1.807, 2.05) is 12.1 Å². The monoisotopic (exact) mass is 409 g/mol. The summed E-state index contributed by atoms with van der Waals surface area (Å²) in [6.45, 7) is -0.00690. The number of benzene rings is 1. The number of halogens is 1. The van der Waals surface area contributed by atoms with Crippen molar-refractivity contribution in [2.45, 2.75) is 13.1 Å². The summed E-state index contributed by atoms with van der Waals surface area (Å²) in [5.41, 5.74) is 1.17. The summed E-state index contributed by atoms with van der Waals surface area (Å²) in [6.07, 6.45) is 1.44. The molecule has 1 fully saturated rings. The van der Waals surface area contributed by atoms with Gasteiger partial charge >= 0.3 is 0 Å². The van der Waals surface area contributed by atoms with Gasteiger partial charge in [-0.05, 0) is 18.2 Å². The third-order valence-electron chi connectivity index (χ3n) is 3.26. The molecule has 1 N–H and O–H groups in total. The van der Waals surface area contributed by atoms with Crippen LogP contribution in [-0.2, 0) is 22.7 Å². The van der Waals surface area contributed by atoms with Crippen LogP contribution in [0, 0.1) is 0 Å². The number of carbonyl (C=O) groups is 3. The molecule has 124 valence electrons. The zero-order valence-corrected chi connectivity index (χ0v) is 14.7. The van der Waals surface area contributed by atoms with Gasteiger partial charge in [-0.3, -0.25) is 19.3 Å². The van der Waals surface area contributed by atoms with Gasteiger partial charge in [-0.25, -0.2) is 4.68 Å². The number of imide groups is 1. The fourth-order valence-corrected chi connectivity index (χ4v) is 3.26. The fraction of sp³-hybridized carbons (Fsp3) is 0.214. The third kappa shape index (κ3) is 3.82. The summed E-state index contributed by atoms with van der Waals surface area (Å²) >= 11 is 4.30. The molecule has 3 amide bonds. The zero-order chi connectivity index (χ0) is 17.1. The summed E-state index contributed by atoms with van der Waals surface area (Å²) in [4.78, 5) is 36.6. The molecule has 24 heavy (non-hydrogen) atoms. The lowest BCUT2D eigenvalue weighted by Gasteiger charge is -2.13. The highest BCUT2D eigenvalue weighted by molar-refractivity contribution is 9.10. The highest BCUT2D eigenvalue weighted by Gasteiger charge is 2.30. The maximum atomic E-state index is 12.1. The second-order valence-corrected chi connectivity index (χ2v) is 6.82. The van der Waals surface area contributed by atoms with Crippen molar-refractivity contribution in [2.75, 3.05) is 11.1 Å². The predicted molar refractivity (Wildman–Crippen MR) is 91.2 cm³/mol. The number of thioether (sulfide) groups is 1. The van der Waals surface area contributed by atoms with E-state index in [2.05, 4.69) is 31.6 Å². The van der Waals surface area contributed by atoms with Crippen LogP contribution in [0.25, 0.3) is 0 Å². The van der Waals surface area contributed by atoms with Crippen LogP contribution in [-0.4, -0.2) is 42.7 Å². The molecule has 1 aliphatic heterocycles. The molecule has 1 aromatic carbocycles. The minimum atomic E-state index is -0.300. The Balaban J connectivity index is 1.66. The van der Waals surface area contributed by atoms with Gasteiger partial charge in [-0.15, -0.1) is 5.10 Å². The van der Waals surface area contributed by atoms with Crippen molar-refractivity contribution >= 4 is 50.4 Å². The topological polar surface area (TPSA) is 97.2 Å². The van der Waals surface area contributed by atoms with E-state index in [4.69, 9.17) is 0 Å². The van der Waals surface area contributed by atoms with Crippen molar-refractivity contribution in [1.82, 2.24) is 19.9 Å². The lowest BCUT2D eigenvalue weighted by Crippen LogP contribution is -2.30. The van der Waals surface area contributed by atoms with E-state index in [0.29, 0.717) is 11.4 Å². The highest BCUT2D eigenvalue weighted by Crippen LogP contribution is 2.21. The average Bonchev–Trinajstić information content (AvgIpc) is 3.09. The van der Waals surface area contributed by atoms with E-state index >= 15 is 0 Å². The van der Waals surface area contributed by atoms with Crippen molar-refractivity contribution in [3.63, 3.8) is 0 Å². The number of carbonyl (C=O) groups excluding carboxylic acids is 3. The standard InChI is InChI=1S/C14H12BrN5O3S/c15-9-2-1-3-10(4-9)17-12(21)7-20-11(5-16-18-20)6-19-13(22)8-24-14(19)23/h1-5H,6-8H2,(H,17,21). The van der Waals surface area contributed by atoms with Crippen LogP contribution in [0.2, 0.25) is 0 Å². The number of amides is 3. The van der Waals surface area contributed by atoms with Crippen molar-refractivity contribution in [2.24, 2.45) is 0 Å². The van der Waals surface area contributed by atoms with Crippen molar-refractivity contribution in [3.05, 3.63) is 40.6 Å². The molecule has 0 aliphatic carbocycles. The smallest absolute Gasteiger partial charge is 0.289 e. The first kappa shape index (κ1) is 16.7. The van der Waals surface area contributed by atoms with Crippen molar-refractivity contribution < 1.29 is 14.4 Å². The first-order valence-corrected chi connectivity index (χ1v) is 8.70. The van der Waals surface area contributed by atoms with Crippen LogP contribution in [0.1, 0.15) is 5.69 Å². The number of aromatic nitrogens is 3. The summed E-state index contributed by atoms with van der Waals surface area (Å²) in [5, 5.41) is 10.1. The molecule has 3 rings (SSSR count). The maximum absolute atomic E-state index is 12.1. The molecule has 2 aromatic rings. The number of hydrogen-bond acceptors (Lipinski definition) is 6. The van der Waals surface area contributed by atoms with Crippen LogP contribution in [0.15, 0.2) is 34.9 Å². The number of nitrogens with one attached hydrogen (secondary N) is 1.